The van der Waals surface area contributed by atoms with Crippen molar-refractivity contribution < 1.29 is 9.59 Å². The average Bonchev–Trinajstić information content (AvgIpc) is 2.43. The largest absolute Gasteiger partial charge is 0.356 e. The van der Waals surface area contributed by atoms with Gasteiger partial charge in [-0.05, 0) is 40.9 Å². The van der Waals surface area contributed by atoms with Gasteiger partial charge >= 0.3 is 0 Å². The smallest absolute Gasteiger partial charge is 0.272 e. The van der Waals surface area contributed by atoms with Crippen LogP contribution in [0.5, 0.6) is 0 Å². The Hall–Kier alpha value is -1.69. The third kappa shape index (κ3) is 6.53. The van der Waals surface area contributed by atoms with Crippen LogP contribution in [0.4, 0.5) is 0 Å². The van der Waals surface area contributed by atoms with Crippen molar-refractivity contribution in [2.24, 2.45) is 11.0 Å². The quantitative estimate of drug-likeness (QED) is 0.609. The molecule has 0 aromatic heterocycles. The van der Waals surface area contributed by atoms with Gasteiger partial charge in [-0.2, -0.15) is 5.10 Å². The van der Waals surface area contributed by atoms with Gasteiger partial charge in [0.05, 0.1) is 12.0 Å². The number of rotatable bonds is 6. The third-order valence-electron chi connectivity index (χ3n) is 2.59. The number of hydrogen-bond donors (Lipinski definition) is 2. The number of amides is 2. The Morgan fingerprint density at radius 1 is 1.29 bits per heavy atom. The fourth-order valence-corrected chi connectivity index (χ4v) is 1.97. The molecule has 0 atom stereocenters. The molecule has 0 spiro atoms. The molecule has 0 radical (unpaired) electrons. The van der Waals surface area contributed by atoms with Crippen molar-refractivity contribution in [2.75, 3.05) is 6.54 Å². The van der Waals surface area contributed by atoms with Gasteiger partial charge < -0.3 is 5.32 Å². The zero-order valence-electron chi connectivity index (χ0n) is 12.4. The maximum Gasteiger partial charge on any atom is 0.272 e. The van der Waals surface area contributed by atoms with Gasteiger partial charge in [0.2, 0.25) is 5.91 Å². The predicted molar refractivity (Wildman–Crippen MR) is 87.2 cm³/mol. The summed E-state index contributed by atoms with van der Waals surface area (Å²) in [4.78, 5) is 23.5. The molecule has 2 N–H and O–H groups in total. The average molecular weight is 354 g/mol. The van der Waals surface area contributed by atoms with E-state index in [9.17, 15) is 9.59 Å². The van der Waals surface area contributed by atoms with Crippen molar-refractivity contribution in [3.05, 3.63) is 34.3 Å². The molecular formula is C15H20BrN3O2. The van der Waals surface area contributed by atoms with Crippen molar-refractivity contribution >= 4 is 33.5 Å². The van der Waals surface area contributed by atoms with Crippen LogP contribution in [0.15, 0.2) is 33.8 Å². The van der Waals surface area contributed by atoms with E-state index in [1.54, 1.807) is 25.1 Å². The second-order valence-electron chi connectivity index (χ2n) is 5.14. The number of hydrogen-bond acceptors (Lipinski definition) is 3. The summed E-state index contributed by atoms with van der Waals surface area (Å²) in [7, 11) is 0. The van der Waals surface area contributed by atoms with E-state index in [1.807, 2.05) is 19.9 Å². The lowest BCUT2D eigenvalue weighted by molar-refractivity contribution is -0.120. The lowest BCUT2D eigenvalue weighted by atomic mass is 10.2. The minimum Gasteiger partial charge on any atom is -0.356 e. The fourth-order valence-electron chi connectivity index (χ4n) is 1.50. The molecule has 0 aliphatic carbocycles. The monoisotopic (exact) mass is 353 g/mol. The van der Waals surface area contributed by atoms with Crippen LogP contribution in [-0.4, -0.2) is 24.1 Å². The van der Waals surface area contributed by atoms with Gasteiger partial charge in [0.1, 0.15) is 0 Å². The Morgan fingerprint density at radius 3 is 2.57 bits per heavy atom. The van der Waals surface area contributed by atoms with Crippen LogP contribution in [-0.2, 0) is 4.79 Å². The van der Waals surface area contributed by atoms with E-state index >= 15 is 0 Å². The normalized spacial score (nSPS) is 11.4. The highest BCUT2D eigenvalue weighted by atomic mass is 79.9. The van der Waals surface area contributed by atoms with Gasteiger partial charge in [-0.1, -0.05) is 26.0 Å². The van der Waals surface area contributed by atoms with E-state index < -0.39 is 0 Å². The molecule has 114 valence electrons. The number of nitrogens with zero attached hydrogens (tertiary/aromatic N) is 1. The molecule has 6 heteroatoms. The first-order valence-corrected chi connectivity index (χ1v) is 7.54. The molecule has 5 nitrogen and oxygen atoms in total. The van der Waals surface area contributed by atoms with Gasteiger partial charge in [-0.3, -0.25) is 9.59 Å². The van der Waals surface area contributed by atoms with E-state index in [0.717, 1.165) is 0 Å². The number of halogens is 1. The molecule has 21 heavy (non-hydrogen) atoms. The van der Waals surface area contributed by atoms with Gasteiger partial charge in [-0.25, -0.2) is 5.43 Å². The van der Waals surface area contributed by atoms with E-state index in [4.69, 9.17) is 0 Å². The van der Waals surface area contributed by atoms with Gasteiger partial charge in [-0.15, -0.1) is 0 Å². The molecule has 2 amide bonds. The van der Waals surface area contributed by atoms with Crippen LogP contribution < -0.4 is 10.7 Å². The molecule has 0 unspecified atom stereocenters. The van der Waals surface area contributed by atoms with Crippen LogP contribution in [0.1, 0.15) is 37.6 Å². The highest BCUT2D eigenvalue weighted by Gasteiger charge is 2.09. The molecule has 1 aromatic carbocycles. The lowest BCUT2D eigenvalue weighted by Crippen LogP contribution is -2.29. The SMILES string of the molecule is CC(CC(=O)NCC(C)C)=NNC(=O)c1ccccc1Br. The van der Waals surface area contributed by atoms with Gasteiger partial charge in [0.25, 0.3) is 5.91 Å². The molecule has 0 bridgehead atoms. The minimum absolute atomic E-state index is 0.0971. The first kappa shape index (κ1) is 17.4. The van der Waals surface area contributed by atoms with Gasteiger partial charge in [0, 0.05) is 16.7 Å². The molecule has 0 aliphatic rings. The second-order valence-corrected chi connectivity index (χ2v) is 6.00. The Morgan fingerprint density at radius 2 is 1.95 bits per heavy atom. The summed E-state index contributed by atoms with van der Waals surface area (Å²) < 4.78 is 0.699. The van der Waals surface area contributed by atoms with Crippen molar-refractivity contribution in [3.8, 4) is 0 Å². The van der Waals surface area contributed by atoms with E-state index in [1.165, 1.54) is 0 Å². The number of benzene rings is 1. The second kappa shape index (κ2) is 8.56. The van der Waals surface area contributed by atoms with Crippen LogP contribution >= 0.6 is 15.9 Å². The predicted octanol–water partition coefficient (Wildman–Crippen LogP) is 2.72. The Kier molecular flexibility index (Phi) is 7.08. The maximum absolute atomic E-state index is 11.9. The first-order valence-electron chi connectivity index (χ1n) is 6.75. The molecular weight excluding hydrogens is 334 g/mol. The highest BCUT2D eigenvalue weighted by Crippen LogP contribution is 2.15. The highest BCUT2D eigenvalue weighted by molar-refractivity contribution is 9.10. The van der Waals surface area contributed by atoms with Crippen LogP contribution in [0.2, 0.25) is 0 Å². The molecule has 0 aliphatic heterocycles. The third-order valence-corrected chi connectivity index (χ3v) is 3.28. The van der Waals surface area contributed by atoms with E-state index in [-0.39, 0.29) is 18.2 Å². The molecule has 0 saturated heterocycles. The lowest BCUT2D eigenvalue weighted by Gasteiger charge is -2.07. The van der Waals surface area contributed by atoms with E-state index in [2.05, 4.69) is 31.8 Å². The number of carbonyl (C=O) groups is 2. The molecule has 1 rings (SSSR count). The standard InChI is InChI=1S/C15H20BrN3O2/c1-10(2)9-17-14(20)8-11(3)18-19-15(21)12-6-4-5-7-13(12)16/h4-7,10H,8-9H2,1-3H3,(H,17,20)(H,19,21). The summed E-state index contributed by atoms with van der Waals surface area (Å²) in [6, 6.07) is 7.08. The first-order chi connectivity index (χ1) is 9.90. The van der Waals surface area contributed by atoms with E-state index in [0.29, 0.717) is 28.2 Å². The molecule has 0 fully saturated rings. The van der Waals surface area contributed by atoms with Crippen LogP contribution in [0, 0.1) is 5.92 Å². The zero-order valence-corrected chi connectivity index (χ0v) is 14.0. The van der Waals surface area contributed by atoms with Crippen molar-refractivity contribution in [2.45, 2.75) is 27.2 Å². The number of nitrogens with one attached hydrogen (secondary N) is 2. The Labute approximate surface area is 133 Å². The molecule has 0 saturated carbocycles. The maximum atomic E-state index is 11.9. The van der Waals surface area contributed by atoms with Crippen LogP contribution in [0.3, 0.4) is 0 Å². The zero-order chi connectivity index (χ0) is 15.8. The summed E-state index contributed by atoms with van der Waals surface area (Å²) in [6.07, 6.45) is 0.170. The fraction of sp³-hybridized carbons (Fsp3) is 0.400. The summed E-state index contributed by atoms with van der Waals surface area (Å²) in [5, 5.41) is 6.75. The summed E-state index contributed by atoms with van der Waals surface area (Å²) in [5.74, 6) is -0.00849. The summed E-state index contributed by atoms with van der Waals surface area (Å²) in [5.41, 5.74) is 3.50. The summed E-state index contributed by atoms with van der Waals surface area (Å²) >= 11 is 3.30. The minimum atomic E-state index is -0.315. The Balaban J connectivity index is 2.50. The molecule has 0 heterocycles. The summed E-state index contributed by atoms with van der Waals surface area (Å²) in [6.45, 7) is 6.39. The van der Waals surface area contributed by atoms with Crippen LogP contribution in [0.25, 0.3) is 0 Å². The number of carbonyl (C=O) groups excluding carboxylic acids is 2. The number of hydrazone groups is 1. The van der Waals surface area contributed by atoms with Crippen molar-refractivity contribution in [1.29, 1.82) is 0 Å². The topological polar surface area (TPSA) is 70.6 Å². The Bertz CT molecular complexity index is 541. The molecule has 1 aromatic rings. The van der Waals surface area contributed by atoms with Crippen molar-refractivity contribution in [1.82, 2.24) is 10.7 Å². The van der Waals surface area contributed by atoms with Crippen molar-refractivity contribution in [3.63, 3.8) is 0 Å². The van der Waals surface area contributed by atoms with Gasteiger partial charge in [0.15, 0.2) is 0 Å².